The highest BCUT2D eigenvalue weighted by Gasteiger charge is 2.18. The molecule has 0 saturated carbocycles. The summed E-state index contributed by atoms with van der Waals surface area (Å²) in [5.41, 5.74) is 0.823. The van der Waals surface area contributed by atoms with Gasteiger partial charge in [0.25, 0.3) is 5.91 Å². The molecular formula is C13H8Br3NO2. The van der Waals surface area contributed by atoms with Gasteiger partial charge in [0.1, 0.15) is 5.75 Å². The Kier molecular flexibility index (Phi) is 4.65. The van der Waals surface area contributed by atoms with Crippen molar-refractivity contribution in [1.29, 1.82) is 0 Å². The number of anilines is 1. The van der Waals surface area contributed by atoms with Crippen LogP contribution in [-0.4, -0.2) is 11.0 Å². The smallest absolute Gasteiger partial charge is 0.260 e. The van der Waals surface area contributed by atoms with Crippen molar-refractivity contribution < 1.29 is 9.90 Å². The van der Waals surface area contributed by atoms with Gasteiger partial charge in [-0.15, -0.1) is 0 Å². The Morgan fingerprint density at radius 2 is 1.58 bits per heavy atom. The van der Waals surface area contributed by atoms with E-state index < -0.39 is 5.91 Å². The number of phenols is 1. The summed E-state index contributed by atoms with van der Waals surface area (Å²) in [5, 5.41) is 12.7. The minimum absolute atomic E-state index is 0.0982. The van der Waals surface area contributed by atoms with Crippen LogP contribution in [0.2, 0.25) is 0 Å². The van der Waals surface area contributed by atoms with Gasteiger partial charge in [0, 0.05) is 8.95 Å². The van der Waals surface area contributed by atoms with Crippen molar-refractivity contribution in [2.75, 3.05) is 5.32 Å². The van der Waals surface area contributed by atoms with Gasteiger partial charge in [0.2, 0.25) is 0 Å². The highest BCUT2D eigenvalue weighted by atomic mass is 79.9. The van der Waals surface area contributed by atoms with Crippen LogP contribution in [0.4, 0.5) is 5.69 Å². The molecule has 0 radical (unpaired) electrons. The standard InChI is InChI=1S/C13H8Br3NO2/c14-7-3-1-2-4-10(7)17-13(19)11-8(15)5-6-9(16)12(11)18/h1-6,18H,(H,17,19). The number of rotatable bonds is 2. The molecule has 1 amide bonds. The van der Waals surface area contributed by atoms with Crippen LogP contribution in [0.3, 0.4) is 0 Å². The van der Waals surface area contributed by atoms with E-state index in [4.69, 9.17) is 0 Å². The number of hydrogen-bond acceptors (Lipinski definition) is 2. The number of hydrogen-bond donors (Lipinski definition) is 2. The molecule has 0 heterocycles. The van der Waals surface area contributed by atoms with Crippen LogP contribution in [0.15, 0.2) is 49.8 Å². The molecule has 19 heavy (non-hydrogen) atoms. The van der Waals surface area contributed by atoms with Crippen LogP contribution in [0.1, 0.15) is 10.4 Å². The van der Waals surface area contributed by atoms with Crippen LogP contribution in [0.5, 0.6) is 5.75 Å². The molecule has 0 fully saturated rings. The van der Waals surface area contributed by atoms with Gasteiger partial charge in [-0.05, 0) is 72.1 Å². The Balaban J connectivity index is 2.36. The summed E-state index contributed by atoms with van der Waals surface area (Å²) >= 11 is 9.80. The largest absolute Gasteiger partial charge is 0.506 e. The molecule has 2 rings (SSSR count). The number of phenolic OH excluding ortho intramolecular Hbond substituents is 1. The van der Waals surface area contributed by atoms with E-state index in [0.29, 0.717) is 14.6 Å². The number of aromatic hydroxyl groups is 1. The highest BCUT2D eigenvalue weighted by Crippen LogP contribution is 2.34. The molecule has 98 valence electrons. The third-order valence-corrected chi connectivity index (χ3v) is 4.42. The third-order valence-electron chi connectivity index (χ3n) is 2.43. The molecule has 0 atom stereocenters. The molecule has 0 unspecified atom stereocenters. The minimum atomic E-state index is -0.391. The Morgan fingerprint density at radius 3 is 2.26 bits per heavy atom. The van der Waals surface area contributed by atoms with E-state index in [1.807, 2.05) is 18.2 Å². The fraction of sp³-hybridized carbons (Fsp3) is 0. The van der Waals surface area contributed by atoms with Crippen molar-refractivity contribution in [3.05, 3.63) is 55.4 Å². The molecule has 0 aliphatic carbocycles. The van der Waals surface area contributed by atoms with Gasteiger partial charge < -0.3 is 10.4 Å². The van der Waals surface area contributed by atoms with Crippen molar-refractivity contribution in [1.82, 2.24) is 0 Å². The van der Waals surface area contributed by atoms with Crippen molar-refractivity contribution in [3.8, 4) is 5.75 Å². The molecule has 0 aliphatic rings. The van der Waals surface area contributed by atoms with Gasteiger partial charge >= 0.3 is 0 Å². The molecular weight excluding hydrogens is 442 g/mol. The van der Waals surface area contributed by atoms with Gasteiger partial charge in [0.05, 0.1) is 15.7 Å². The second-order valence-electron chi connectivity index (χ2n) is 3.69. The first kappa shape index (κ1) is 14.6. The summed E-state index contributed by atoms with van der Waals surface area (Å²) < 4.78 is 1.76. The maximum atomic E-state index is 12.2. The topological polar surface area (TPSA) is 49.3 Å². The van der Waals surface area contributed by atoms with Crippen LogP contribution in [0.25, 0.3) is 0 Å². The van der Waals surface area contributed by atoms with Crippen LogP contribution in [-0.2, 0) is 0 Å². The van der Waals surface area contributed by atoms with E-state index in [9.17, 15) is 9.90 Å². The van der Waals surface area contributed by atoms with Gasteiger partial charge in [0.15, 0.2) is 0 Å². The SMILES string of the molecule is O=C(Nc1ccccc1Br)c1c(Br)ccc(Br)c1O. The lowest BCUT2D eigenvalue weighted by Crippen LogP contribution is -2.13. The molecule has 6 heteroatoms. The number of halogens is 3. The Morgan fingerprint density at radius 1 is 0.947 bits per heavy atom. The first-order chi connectivity index (χ1) is 9.00. The fourth-order valence-electron chi connectivity index (χ4n) is 1.50. The monoisotopic (exact) mass is 447 g/mol. The van der Waals surface area contributed by atoms with Gasteiger partial charge in [-0.2, -0.15) is 0 Å². The molecule has 0 saturated heterocycles. The fourth-order valence-corrected chi connectivity index (χ4v) is 2.72. The van der Waals surface area contributed by atoms with Crippen molar-refractivity contribution >= 4 is 59.4 Å². The summed E-state index contributed by atoms with van der Waals surface area (Å²) in [4.78, 5) is 12.2. The Labute approximate surface area is 135 Å². The summed E-state index contributed by atoms with van der Waals surface area (Å²) in [6.45, 7) is 0. The number of nitrogens with one attached hydrogen (secondary N) is 1. The van der Waals surface area contributed by atoms with E-state index in [1.165, 1.54) is 0 Å². The van der Waals surface area contributed by atoms with Gasteiger partial charge in [-0.3, -0.25) is 4.79 Å². The Hall–Kier alpha value is -0.850. The zero-order chi connectivity index (χ0) is 14.0. The lowest BCUT2D eigenvalue weighted by atomic mass is 10.2. The average molecular weight is 450 g/mol. The summed E-state index contributed by atoms with van der Waals surface area (Å²) in [5.74, 6) is -0.489. The molecule has 0 bridgehead atoms. The number of para-hydroxylation sites is 1. The summed E-state index contributed by atoms with van der Waals surface area (Å²) in [6.07, 6.45) is 0. The molecule has 0 spiro atoms. The maximum absolute atomic E-state index is 12.2. The quantitative estimate of drug-likeness (QED) is 0.682. The van der Waals surface area contributed by atoms with Crippen molar-refractivity contribution in [2.45, 2.75) is 0 Å². The first-order valence-corrected chi connectivity index (χ1v) is 7.61. The lowest BCUT2D eigenvalue weighted by Gasteiger charge is -2.10. The molecule has 0 aliphatic heterocycles. The molecule has 2 N–H and O–H groups in total. The third kappa shape index (κ3) is 3.19. The second kappa shape index (κ2) is 6.07. The van der Waals surface area contributed by atoms with Crippen LogP contribution in [0, 0.1) is 0 Å². The number of carbonyl (C=O) groups is 1. The summed E-state index contributed by atoms with van der Waals surface area (Å²) in [6, 6.07) is 10.6. The van der Waals surface area contributed by atoms with E-state index in [0.717, 1.165) is 4.47 Å². The van der Waals surface area contributed by atoms with E-state index in [-0.39, 0.29) is 11.3 Å². The zero-order valence-electron chi connectivity index (χ0n) is 9.45. The Bertz CT molecular complexity index is 644. The lowest BCUT2D eigenvalue weighted by molar-refractivity contribution is 0.102. The normalized spacial score (nSPS) is 10.3. The first-order valence-electron chi connectivity index (χ1n) is 5.23. The number of carbonyl (C=O) groups excluding carboxylic acids is 1. The maximum Gasteiger partial charge on any atom is 0.260 e. The van der Waals surface area contributed by atoms with E-state index in [1.54, 1.807) is 18.2 Å². The molecule has 3 nitrogen and oxygen atoms in total. The molecule has 2 aromatic carbocycles. The van der Waals surface area contributed by atoms with Crippen molar-refractivity contribution in [2.24, 2.45) is 0 Å². The van der Waals surface area contributed by atoms with E-state index >= 15 is 0 Å². The van der Waals surface area contributed by atoms with Crippen LogP contribution >= 0.6 is 47.8 Å². The minimum Gasteiger partial charge on any atom is -0.506 e. The predicted molar refractivity (Wildman–Crippen MR) is 85.6 cm³/mol. The van der Waals surface area contributed by atoms with E-state index in [2.05, 4.69) is 53.1 Å². The summed E-state index contributed by atoms with van der Waals surface area (Å²) in [7, 11) is 0. The molecule has 2 aromatic rings. The second-order valence-corrected chi connectivity index (χ2v) is 6.25. The predicted octanol–water partition coefficient (Wildman–Crippen LogP) is 4.93. The highest BCUT2D eigenvalue weighted by molar-refractivity contribution is 9.11. The average Bonchev–Trinajstić information content (AvgIpc) is 2.37. The van der Waals surface area contributed by atoms with Crippen molar-refractivity contribution in [3.63, 3.8) is 0 Å². The number of benzene rings is 2. The zero-order valence-corrected chi connectivity index (χ0v) is 14.2. The van der Waals surface area contributed by atoms with Gasteiger partial charge in [-0.25, -0.2) is 0 Å². The number of amides is 1. The van der Waals surface area contributed by atoms with Gasteiger partial charge in [-0.1, -0.05) is 12.1 Å². The van der Waals surface area contributed by atoms with Crippen LogP contribution < -0.4 is 5.32 Å². The molecule has 0 aromatic heterocycles.